The van der Waals surface area contributed by atoms with Crippen LogP contribution in [0.15, 0.2) is 35.9 Å². The fourth-order valence-corrected chi connectivity index (χ4v) is 6.23. The van der Waals surface area contributed by atoms with Crippen LogP contribution in [-0.4, -0.2) is 84.2 Å². The number of aliphatic hydroxyl groups excluding tert-OH is 1. The Morgan fingerprint density at radius 3 is 2.76 bits per heavy atom. The maximum absolute atomic E-state index is 12.6. The number of primary amides is 1. The smallest absolute Gasteiger partial charge is 0.280 e. The Morgan fingerprint density at radius 1 is 1.30 bits per heavy atom. The summed E-state index contributed by atoms with van der Waals surface area (Å²) >= 11 is 1.23. The van der Waals surface area contributed by atoms with Gasteiger partial charge in [0.25, 0.3) is 11.8 Å². The number of carbonyl (C=O) groups excluding carboxylic acids is 2. The Balaban J connectivity index is 1.46. The second kappa shape index (κ2) is 9.89. The highest BCUT2D eigenvalue weighted by molar-refractivity contribution is 7.88. The van der Waals surface area contributed by atoms with E-state index in [2.05, 4.69) is 20.2 Å². The average Bonchev–Trinajstić information content (AvgIpc) is 3.55. The minimum atomic E-state index is -3.27. The van der Waals surface area contributed by atoms with Crippen molar-refractivity contribution < 1.29 is 23.1 Å². The van der Waals surface area contributed by atoms with Crippen LogP contribution in [0.3, 0.4) is 0 Å². The minimum Gasteiger partial charge on any atom is -0.391 e. The van der Waals surface area contributed by atoms with Gasteiger partial charge in [-0.1, -0.05) is 6.08 Å². The number of hydrogen-bond donors (Lipinski definition) is 4. The molecule has 4 heterocycles. The number of hydrogen-bond acceptors (Lipinski definition) is 8. The van der Waals surface area contributed by atoms with Crippen LogP contribution in [0.5, 0.6) is 0 Å². The molecule has 1 fully saturated rings. The van der Waals surface area contributed by atoms with Crippen molar-refractivity contribution >= 4 is 55.3 Å². The van der Waals surface area contributed by atoms with Crippen LogP contribution in [0.2, 0.25) is 0 Å². The van der Waals surface area contributed by atoms with Crippen molar-refractivity contribution in [2.75, 3.05) is 37.3 Å². The van der Waals surface area contributed by atoms with E-state index in [9.17, 15) is 23.1 Å². The van der Waals surface area contributed by atoms with Crippen molar-refractivity contribution in [3.8, 4) is 0 Å². The van der Waals surface area contributed by atoms with E-state index in [1.54, 1.807) is 17.6 Å². The molecular weight excluding hydrogens is 516 g/mol. The van der Waals surface area contributed by atoms with E-state index in [0.717, 1.165) is 22.3 Å². The van der Waals surface area contributed by atoms with E-state index in [1.165, 1.54) is 21.9 Å². The summed E-state index contributed by atoms with van der Waals surface area (Å²) in [5, 5.41) is 16.3. The van der Waals surface area contributed by atoms with Gasteiger partial charge in [-0.2, -0.15) is 4.31 Å². The molecule has 2 aliphatic heterocycles. The number of H-pyrrole nitrogens is 1. The van der Waals surface area contributed by atoms with Crippen molar-refractivity contribution in [2.45, 2.75) is 25.0 Å². The van der Waals surface area contributed by atoms with Crippen molar-refractivity contribution in [3.05, 3.63) is 52.1 Å². The zero-order valence-corrected chi connectivity index (χ0v) is 21.8. The summed E-state index contributed by atoms with van der Waals surface area (Å²) < 4.78 is 25.2. The number of aromatic nitrogens is 2. The van der Waals surface area contributed by atoms with Crippen LogP contribution in [0.1, 0.15) is 38.7 Å². The molecule has 0 spiro atoms. The Bertz CT molecular complexity index is 1480. The molecule has 196 valence electrons. The van der Waals surface area contributed by atoms with Gasteiger partial charge in [0.2, 0.25) is 10.0 Å². The zero-order chi connectivity index (χ0) is 26.3. The van der Waals surface area contributed by atoms with Crippen molar-refractivity contribution in [3.63, 3.8) is 0 Å². The Morgan fingerprint density at radius 2 is 2.11 bits per heavy atom. The van der Waals surface area contributed by atoms with Gasteiger partial charge < -0.3 is 26.0 Å². The number of nitrogens with one attached hydrogen (secondary N) is 2. The summed E-state index contributed by atoms with van der Waals surface area (Å²) in [6.07, 6.45) is 4.91. The lowest BCUT2D eigenvalue weighted by molar-refractivity contribution is 0.0785. The molecule has 2 aromatic heterocycles. The topological polar surface area (TPSA) is 162 Å². The van der Waals surface area contributed by atoms with E-state index < -0.39 is 28.1 Å². The lowest BCUT2D eigenvalue weighted by Crippen LogP contribution is -2.55. The number of amides is 2. The van der Waals surface area contributed by atoms with Crippen LogP contribution in [0.4, 0.5) is 5.69 Å². The molecule has 13 heteroatoms. The molecule has 0 saturated carbocycles. The van der Waals surface area contributed by atoms with Crippen LogP contribution >= 0.6 is 11.3 Å². The normalized spacial score (nSPS) is 21.1. The maximum atomic E-state index is 12.6. The lowest BCUT2D eigenvalue weighted by Gasteiger charge is -2.38. The molecule has 11 nitrogen and oxygen atoms in total. The van der Waals surface area contributed by atoms with Crippen molar-refractivity contribution in [2.24, 2.45) is 5.73 Å². The Hall–Kier alpha value is -3.26. The number of anilines is 1. The predicted octanol–water partition coefficient (Wildman–Crippen LogP) is 1.14. The second-order valence-corrected chi connectivity index (χ2v) is 12.2. The predicted molar refractivity (Wildman–Crippen MR) is 142 cm³/mol. The molecule has 2 atom stereocenters. The minimum absolute atomic E-state index is 0.281. The number of rotatable bonds is 6. The molecule has 37 heavy (non-hydrogen) atoms. The largest absolute Gasteiger partial charge is 0.391 e. The van der Waals surface area contributed by atoms with Gasteiger partial charge in [-0.15, -0.1) is 11.3 Å². The molecule has 0 bridgehead atoms. The summed E-state index contributed by atoms with van der Waals surface area (Å²) in [5.41, 5.74) is 9.21. The number of carbonyl (C=O) groups is 2. The lowest BCUT2D eigenvalue weighted by atomic mass is 9.99. The van der Waals surface area contributed by atoms with Gasteiger partial charge in [0.15, 0.2) is 5.01 Å². The van der Waals surface area contributed by atoms with E-state index in [-0.39, 0.29) is 12.5 Å². The fourth-order valence-electron chi connectivity index (χ4n) is 4.92. The number of sulfonamides is 1. The third-order valence-corrected chi connectivity index (χ3v) is 8.92. The molecule has 2 aliphatic rings. The molecule has 1 aromatic carbocycles. The summed E-state index contributed by atoms with van der Waals surface area (Å²) in [6, 6.07) is 4.96. The highest BCUT2D eigenvalue weighted by Gasteiger charge is 2.31. The number of piperidine rings is 1. The first-order valence-corrected chi connectivity index (χ1v) is 14.6. The van der Waals surface area contributed by atoms with Crippen LogP contribution < -0.4 is 16.0 Å². The summed E-state index contributed by atoms with van der Waals surface area (Å²) in [6.45, 7) is 1.59. The molecule has 0 unspecified atom stereocenters. The highest BCUT2D eigenvalue weighted by atomic mass is 32.2. The summed E-state index contributed by atoms with van der Waals surface area (Å²) in [4.78, 5) is 34.2. The summed E-state index contributed by atoms with van der Waals surface area (Å²) in [5.74, 6) is -0.889. The first-order valence-electron chi connectivity index (χ1n) is 11.8. The number of aliphatic hydroxyl groups is 1. The maximum Gasteiger partial charge on any atom is 0.280 e. The average molecular weight is 545 g/mol. The van der Waals surface area contributed by atoms with E-state index in [1.807, 2.05) is 18.2 Å². The third-order valence-electron chi connectivity index (χ3n) is 6.88. The first-order chi connectivity index (χ1) is 17.6. The molecule has 0 aliphatic carbocycles. The van der Waals surface area contributed by atoms with Gasteiger partial charge in [0.05, 0.1) is 29.5 Å². The number of nitrogens with two attached hydrogens (primary N) is 1. The Labute approximate surface area is 218 Å². The summed E-state index contributed by atoms with van der Waals surface area (Å²) in [7, 11) is -3.27. The van der Waals surface area contributed by atoms with Gasteiger partial charge in [-0.3, -0.25) is 9.59 Å². The molecule has 1 saturated heterocycles. The number of thiazole rings is 1. The number of aromatic amines is 1. The van der Waals surface area contributed by atoms with Crippen LogP contribution in [0, 0.1) is 0 Å². The standard InChI is InChI=1S/C24H28N6O5S2/c1-37(34,35)30-9-4-14(5-10-30)17-12-16-19(3-2-15(22(25)32)21(16)27-17)29-8-6-20(31)18(13-29)28-23(33)24-26-7-11-36-24/h2-4,7,11-12,18,20,27,31H,5-6,8-10,13H2,1H3,(H2,25,32)(H,28,33)/t18-,20-/m1/s1. The van der Waals surface area contributed by atoms with E-state index in [0.29, 0.717) is 48.6 Å². The van der Waals surface area contributed by atoms with Crippen molar-refractivity contribution in [1.29, 1.82) is 0 Å². The van der Waals surface area contributed by atoms with Gasteiger partial charge in [-0.25, -0.2) is 13.4 Å². The quantitative estimate of drug-likeness (QED) is 0.362. The van der Waals surface area contributed by atoms with Crippen LogP contribution in [0.25, 0.3) is 16.5 Å². The Kier molecular flexibility index (Phi) is 6.79. The molecule has 3 aromatic rings. The molecule has 5 rings (SSSR count). The molecule has 0 radical (unpaired) electrons. The molecule has 5 N–H and O–H groups in total. The fraction of sp³-hybridized carbons (Fsp3) is 0.375. The first kappa shape index (κ1) is 25.4. The second-order valence-electron chi connectivity index (χ2n) is 9.29. The van der Waals surface area contributed by atoms with Crippen molar-refractivity contribution in [1.82, 2.24) is 19.6 Å². The SMILES string of the molecule is CS(=O)(=O)N1CC=C(c2cc3c(N4CC[C@@H](O)[C@H](NC(=O)c5nccs5)C4)ccc(C(N)=O)c3[nH]2)CC1. The molecular formula is C24H28N6O5S2. The third kappa shape index (κ3) is 5.12. The number of benzene rings is 1. The van der Waals surface area contributed by atoms with E-state index >= 15 is 0 Å². The van der Waals surface area contributed by atoms with Gasteiger partial charge in [-0.05, 0) is 36.6 Å². The zero-order valence-electron chi connectivity index (χ0n) is 20.2. The van der Waals surface area contributed by atoms with Gasteiger partial charge in [0, 0.05) is 54.5 Å². The monoisotopic (exact) mass is 544 g/mol. The highest BCUT2D eigenvalue weighted by Crippen LogP contribution is 2.35. The number of nitrogens with zero attached hydrogens (tertiary/aromatic N) is 3. The van der Waals surface area contributed by atoms with Crippen LogP contribution in [-0.2, 0) is 10.0 Å². The van der Waals surface area contributed by atoms with E-state index in [4.69, 9.17) is 5.73 Å². The van der Waals surface area contributed by atoms with Gasteiger partial charge in [0.1, 0.15) is 0 Å². The molecule has 2 amide bonds. The van der Waals surface area contributed by atoms with Gasteiger partial charge >= 0.3 is 0 Å². The number of fused-ring (bicyclic) bond motifs is 1.